The molecule has 0 heterocycles. The van der Waals surface area contributed by atoms with Crippen LogP contribution in [0.4, 0.5) is 43.9 Å². The Morgan fingerprint density at radius 2 is 1.59 bits per heavy atom. The first-order valence-electron chi connectivity index (χ1n) is 14.8. The van der Waals surface area contributed by atoms with Gasteiger partial charge in [0.2, 0.25) is 0 Å². The van der Waals surface area contributed by atoms with E-state index in [-0.39, 0.29) is 47.8 Å². The van der Waals surface area contributed by atoms with Crippen molar-refractivity contribution in [2.24, 2.45) is 0 Å². The lowest BCUT2D eigenvalue weighted by atomic mass is 9.77. The van der Waals surface area contributed by atoms with Crippen molar-refractivity contribution in [2.75, 3.05) is 0 Å². The van der Waals surface area contributed by atoms with Gasteiger partial charge < -0.3 is 14.8 Å². The van der Waals surface area contributed by atoms with Gasteiger partial charge in [0.15, 0.2) is 11.6 Å². The van der Waals surface area contributed by atoms with Gasteiger partial charge in [0, 0.05) is 18.1 Å². The van der Waals surface area contributed by atoms with Crippen molar-refractivity contribution >= 4 is 5.91 Å². The van der Waals surface area contributed by atoms with E-state index in [1.165, 1.54) is 12.1 Å². The second-order valence-corrected chi connectivity index (χ2v) is 11.2. The third kappa shape index (κ3) is 9.24. The third-order valence-corrected chi connectivity index (χ3v) is 7.76. The monoisotopic (exact) mass is 701 g/mol. The van der Waals surface area contributed by atoms with Crippen LogP contribution in [0, 0.1) is 11.6 Å². The average molecular weight is 702 g/mol. The Bertz CT molecular complexity index is 1700. The lowest BCUT2D eigenvalue weighted by Gasteiger charge is -2.37. The first-order valence-corrected chi connectivity index (χ1v) is 14.8. The van der Waals surface area contributed by atoms with Gasteiger partial charge >= 0.3 is 18.7 Å². The second-order valence-electron chi connectivity index (χ2n) is 11.2. The molecule has 1 aliphatic carbocycles. The summed E-state index contributed by atoms with van der Waals surface area (Å²) in [7, 11) is 0. The van der Waals surface area contributed by atoms with Crippen LogP contribution in [0.15, 0.2) is 103 Å². The number of alkyl halides is 7. The van der Waals surface area contributed by atoms with Crippen LogP contribution in [0.1, 0.15) is 52.7 Å². The molecule has 0 radical (unpaired) electrons. The molecule has 4 rings (SSSR count). The fourth-order valence-electron chi connectivity index (χ4n) is 5.27. The van der Waals surface area contributed by atoms with Crippen LogP contribution in [-0.4, -0.2) is 24.5 Å². The van der Waals surface area contributed by atoms with E-state index < -0.39 is 58.7 Å². The number of hydrogen-bond donors (Lipinski definition) is 1. The molecule has 3 aromatic rings. The highest BCUT2D eigenvalue weighted by Crippen LogP contribution is 2.39. The number of carbonyl (C=O) groups excluding carboxylic acids is 1. The Morgan fingerprint density at radius 3 is 2.22 bits per heavy atom. The van der Waals surface area contributed by atoms with Crippen LogP contribution >= 0.6 is 0 Å². The Morgan fingerprint density at radius 1 is 0.939 bits per heavy atom. The van der Waals surface area contributed by atoms with E-state index in [9.17, 15) is 39.9 Å². The standard InChI is InChI=1S/C35H29F10NO3/c1-21(17-25(36)15-16-48-35(44,45)32(39)40)33(20-22-7-3-2-4-8-22,24-12-14-29(38)30(19-24)49-26-9-5-6-10-26)46-31(47)23-11-13-28(37)27(18-23)34(41,42)43/h2-4,7-8,11-19,26,32H,1,5-6,9-10,20H2,(H,46,47)/t33-/m0/s1. The maximum Gasteiger partial charge on any atom is 0.460 e. The summed E-state index contributed by atoms with van der Waals surface area (Å²) in [6, 6.07) is 13.0. The summed E-state index contributed by atoms with van der Waals surface area (Å²) in [4.78, 5) is 13.7. The molecule has 0 spiro atoms. The molecule has 0 aromatic heterocycles. The minimum atomic E-state index is -5.17. The lowest BCUT2D eigenvalue weighted by Crippen LogP contribution is -2.49. The van der Waals surface area contributed by atoms with Crippen LogP contribution in [0.3, 0.4) is 0 Å². The molecular weight excluding hydrogens is 672 g/mol. The van der Waals surface area contributed by atoms with E-state index in [1.807, 2.05) is 0 Å². The number of nitrogens with one attached hydrogen (secondary N) is 1. The molecule has 49 heavy (non-hydrogen) atoms. The van der Waals surface area contributed by atoms with Crippen molar-refractivity contribution in [2.45, 2.75) is 62.5 Å². The van der Waals surface area contributed by atoms with E-state index >= 15 is 8.78 Å². The number of rotatable bonds is 13. The van der Waals surface area contributed by atoms with Gasteiger partial charge in [-0.3, -0.25) is 4.79 Å². The third-order valence-electron chi connectivity index (χ3n) is 7.76. The quantitative estimate of drug-likeness (QED) is 0.110. The molecular formula is C35H29F10NO3. The Kier molecular flexibility index (Phi) is 11.5. The van der Waals surface area contributed by atoms with Crippen LogP contribution in [-0.2, 0) is 22.9 Å². The number of hydrogen-bond acceptors (Lipinski definition) is 3. The van der Waals surface area contributed by atoms with Crippen molar-refractivity contribution < 1.29 is 58.2 Å². The predicted octanol–water partition coefficient (Wildman–Crippen LogP) is 9.97. The number of amides is 1. The molecule has 1 saturated carbocycles. The summed E-state index contributed by atoms with van der Waals surface area (Å²) in [6.07, 6.45) is -11.2. The van der Waals surface area contributed by atoms with Gasteiger partial charge in [0.05, 0.1) is 23.5 Å². The van der Waals surface area contributed by atoms with Crippen molar-refractivity contribution in [3.63, 3.8) is 0 Å². The van der Waals surface area contributed by atoms with E-state index in [0.717, 1.165) is 25.0 Å². The van der Waals surface area contributed by atoms with Crippen molar-refractivity contribution in [3.8, 4) is 5.75 Å². The van der Waals surface area contributed by atoms with Gasteiger partial charge in [-0.15, -0.1) is 0 Å². The number of halogens is 10. The Hall–Kier alpha value is -4.75. The number of carbonyl (C=O) groups is 1. The number of ether oxygens (including phenoxy) is 2. The van der Waals surface area contributed by atoms with Gasteiger partial charge in [-0.1, -0.05) is 43.0 Å². The Labute approximate surface area is 274 Å². The molecule has 4 nitrogen and oxygen atoms in total. The van der Waals surface area contributed by atoms with E-state index in [1.54, 1.807) is 30.3 Å². The zero-order valence-corrected chi connectivity index (χ0v) is 25.5. The molecule has 1 fully saturated rings. The van der Waals surface area contributed by atoms with Gasteiger partial charge in [0.1, 0.15) is 11.6 Å². The molecule has 0 bridgehead atoms. The molecule has 0 aliphatic heterocycles. The summed E-state index contributed by atoms with van der Waals surface area (Å²) < 4.78 is 146. The van der Waals surface area contributed by atoms with Gasteiger partial charge in [0.25, 0.3) is 5.91 Å². The molecule has 1 aliphatic rings. The Balaban J connectivity index is 1.87. The average Bonchev–Trinajstić information content (AvgIpc) is 3.55. The van der Waals surface area contributed by atoms with E-state index in [4.69, 9.17) is 4.74 Å². The second kappa shape index (κ2) is 15.2. The summed E-state index contributed by atoms with van der Waals surface area (Å²) in [5.41, 5.74) is -4.33. The SMILES string of the molecule is C=C(C=C(F)C=COC(F)(F)C(F)F)[C@](Cc1ccccc1)(NC(=O)c1ccc(F)c(C(F)(F)F)c1)c1ccc(F)c(OC2CCCC2)c1. The predicted molar refractivity (Wildman–Crippen MR) is 159 cm³/mol. The molecule has 0 unspecified atom stereocenters. The molecule has 3 aromatic carbocycles. The molecule has 1 atom stereocenters. The highest BCUT2D eigenvalue weighted by Gasteiger charge is 2.43. The van der Waals surface area contributed by atoms with Crippen molar-refractivity contribution in [1.82, 2.24) is 5.32 Å². The minimum absolute atomic E-state index is 0.00997. The molecule has 1 amide bonds. The smallest absolute Gasteiger partial charge is 0.460 e. The van der Waals surface area contributed by atoms with Crippen LogP contribution in [0.25, 0.3) is 0 Å². The fraction of sp³-hybridized carbons (Fsp3) is 0.286. The lowest BCUT2D eigenvalue weighted by molar-refractivity contribution is -0.274. The number of allylic oxidation sites excluding steroid dienone is 2. The summed E-state index contributed by atoms with van der Waals surface area (Å²) in [5.74, 6) is -5.29. The van der Waals surface area contributed by atoms with E-state index in [2.05, 4.69) is 16.6 Å². The number of benzene rings is 3. The normalized spacial score (nSPS) is 15.8. The zero-order valence-electron chi connectivity index (χ0n) is 25.5. The maximum absolute atomic E-state index is 15.2. The largest absolute Gasteiger partial charge is 0.487 e. The highest BCUT2D eigenvalue weighted by molar-refractivity contribution is 5.95. The topological polar surface area (TPSA) is 47.6 Å². The minimum Gasteiger partial charge on any atom is -0.487 e. The van der Waals surface area contributed by atoms with Crippen molar-refractivity contribution in [3.05, 3.63) is 137 Å². The van der Waals surface area contributed by atoms with Gasteiger partial charge in [-0.25, -0.2) is 13.2 Å². The van der Waals surface area contributed by atoms with Crippen LogP contribution < -0.4 is 10.1 Å². The summed E-state index contributed by atoms with van der Waals surface area (Å²) >= 11 is 0. The summed E-state index contributed by atoms with van der Waals surface area (Å²) in [6.45, 7) is 3.85. The van der Waals surface area contributed by atoms with E-state index in [0.29, 0.717) is 30.5 Å². The van der Waals surface area contributed by atoms with Crippen molar-refractivity contribution in [1.29, 1.82) is 0 Å². The molecule has 262 valence electrons. The highest BCUT2D eigenvalue weighted by atomic mass is 19.4. The molecule has 1 N–H and O–H groups in total. The van der Waals surface area contributed by atoms with Crippen LogP contribution in [0.5, 0.6) is 5.75 Å². The first-order chi connectivity index (χ1) is 23.0. The summed E-state index contributed by atoms with van der Waals surface area (Å²) in [5, 5.41) is 2.56. The van der Waals surface area contributed by atoms with Crippen LogP contribution in [0.2, 0.25) is 0 Å². The molecule has 14 heteroatoms. The zero-order chi connectivity index (χ0) is 36.0. The fourth-order valence-corrected chi connectivity index (χ4v) is 5.27. The first kappa shape index (κ1) is 37.1. The van der Waals surface area contributed by atoms with Gasteiger partial charge in [-0.2, -0.15) is 30.7 Å². The molecule has 0 saturated heterocycles. The maximum atomic E-state index is 15.2. The van der Waals surface area contributed by atoms with Gasteiger partial charge in [-0.05, 0) is 78.8 Å².